The van der Waals surface area contributed by atoms with E-state index in [0.29, 0.717) is 12.2 Å². The summed E-state index contributed by atoms with van der Waals surface area (Å²) in [7, 11) is -3.34. The summed E-state index contributed by atoms with van der Waals surface area (Å²) in [5.41, 5.74) is -0.487. The van der Waals surface area contributed by atoms with Crippen LogP contribution in [0.1, 0.15) is 41.0 Å². The molecule has 0 aliphatic carbocycles. The maximum absolute atomic E-state index is 12.3. The van der Waals surface area contributed by atoms with Crippen molar-refractivity contribution in [3.8, 4) is 5.75 Å². The second kappa shape index (κ2) is 5.74. The van der Waals surface area contributed by atoms with Gasteiger partial charge in [0.15, 0.2) is 9.84 Å². The number of aliphatic hydroxyl groups is 1. The van der Waals surface area contributed by atoms with Crippen LogP contribution in [0.5, 0.6) is 5.75 Å². The van der Waals surface area contributed by atoms with Crippen molar-refractivity contribution >= 4 is 9.84 Å². The molecule has 4 nitrogen and oxygen atoms in total. The number of ether oxygens (including phenoxy) is 1. The van der Waals surface area contributed by atoms with Crippen molar-refractivity contribution in [3.05, 3.63) is 24.3 Å². The summed E-state index contributed by atoms with van der Waals surface area (Å²) in [5.74, 6) is 0.594. The van der Waals surface area contributed by atoms with Crippen LogP contribution in [-0.2, 0) is 9.84 Å². The molecule has 0 heterocycles. The van der Waals surface area contributed by atoms with Crippen molar-refractivity contribution < 1.29 is 18.3 Å². The van der Waals surface area contributed by atoms with Gasteiger partial charge >= 0.3 is 0 Å². The first kappa shape index (κ1) is 17.0. The zero-order valence-electron chi connectivity index (χ0n) is 12.8. The quantitative estimate of drug-likeness (QED) is 0.908. The average molecular weight is 300 g/mol. The lowest BCUT2D eigenvalue weighted by Gasteiger charge is -2.26. The van der Waals surface area contributed by atoms with Crippen LogP contribution in [0.3, 0.4) is 0 Å². The monoisotopic (exact) mass is 300 g/mol. The van der Waals surface area contributed by atoms with Gasteiger partial charge in [-0.05, 0) is 58.9 Å². The second-order valence-corrected chi connectivity index (χ2v) is 9.13. The summed E-state index contributed by atoms with van der Waals surface area (Å²) in [6.07, 6.45) is 0.509. The summed E-state index contributed by atoms with van der Waals surface area (Å²) in [6.45, 7) is 8.83. The van der Waals surface area contributed by atoms with Gasteiger partial charge in [-0.1, -0.05) is 0 Å². The van der Waals surface area contributed by atoms with E-state index in [1.165, 1.54) is 0 Å². The predicted octanol–water partition coefficient (Wildman–Crippen LogP) is 2.80. The van der Waals surface area contributed by atoms with Crippen molar-refractivity contribution in [1.82, 2.24) is 0 Å². The largest absolute Gasteiger partial charge is 0.488 e. The van der Waals surface area contributed by atoms with Crippen molar-refractivity contribution in [3.63, 3.8) is 0 Å². The maximum atomic E-state index is 12.3. The predicted molar refractivity (Wildman–Crippen MR) is 79.8 cm³/mol. The van der Waals surface area contributed by atoms with Crippen LogP contribution in [0.25, 0.3) is 0 Å². The van der Waals surface area contributed by atoms with Gasteiger partial charge in [-0.3, -0.25) is 0 Å². The van der Waals surface area contributed by atoms with E-state index in [1.807, 2.05) is 13.8 Å². The minimum atomic E-state index is -3.34. The lowest BCUT2D eigenvalue weighted by atomic mass is 10.1. The van der Waals surface area contributed by atoms with Gasteiger partial charge in [0, 0.05) is 13.0 Å². The molecule has 0 fully saturated rings. The van der Waals surface area contributed by atoms with E-state index in [0.717, 1.165) is 0 Å². The molecule has 0 aromatic heterocycles. The molecule has 1 N–H and O–H groups in total. The number of benzene rings is 1. The van der Waals surface area contributed by atoms with Gasteiger partial charge in [0.2, 0.25) is 0 Å². The van der Waals surface area contributed by atoms with Crippen LogP contribution >= 0.6 is 0 Å². The fourth-order valence-corrected chi connectivity index (χ4v) is 2.88. The van der Waals surface area contributed by atoms with Crippen molar-refractivity contribution in [2.75, 3.05) is 6.61 Å². The molecule has 0 amide bonds. The minimum absolute atomic E-state index is 0.0451. The van der Waals surface area contributed by atoms with E-state index >= 15 is 0 Å². The van der Waals surface area contributed by atoms with E-state index in [2.05, 4.69) is 0 Å². The molecule has 1 rings (SSSR count). The first-order chi connectivity index (χ1) is 8.99. The van der Waals surface area contributed by atoms with Gasteiger partial charge in [-0.2, -0.15) is 0 Å². The van der Waals surface area contributed by atoms with Crippen LogP contribution in [0, 0.1) is 0 Å². The van der Waals surface area contributed by atoms with E-state index in [4.69, 9.17) is 9.84 Å². The molecule has 0 saturated heterocycles. The molecular weight excluding hydrogens is 276 g/mol. The lowest BCUT2D eigenvalue weighted by molar-refractivity contribution is 0.0764. The van der Waals surface area contributed by atoms with Gasteiger partial charge in [-0.25, -0.2) is 8.42 Å². The second-order valence-electron chi connectivity index (χ2n) is 6.42. The third-order valence-corrected chi connectivity index (χ3v) is 5.55. The molecule has 1 aromatic rings. The Bertz CT molecular complexity index is 536. The molecule has 0 unspecified atom stereocenters. The summed E-state index contributed by atoms with van der Waals surface area (Å²) >= 11 is 0. The van der Waals surface area contributed by atoms with Crippen LogP contribution in [-0.4, -0.2) is 30.5 Å². The molecular formula is C15H24O4S. The highest BCUT2D eigenvalue weighted by atomic mass is 32.2. The van der Waals surface area contributed by atoms with Crippen LogP contribution in [0.4, 0.5) is 0 Å². The van der Waals surface area contributed by atoms with Gasteiger partial charge < -0.3 is 9.84 Å². The lowest BCUT2D eigenvalue weighted by Crippen LogP contribution is -2.29. The molecule has 5 heteroatoms. The highest BCUT2D eigenvalue weighted by molar-refractivity contribution is 7.92. The molecule has 0 bridgehead atoms. The third kappa shape index (κ3) is 3.96. The summed E-state index contributed by atoms with van der Waals surface area (Å²) in [6, 6.07) is 6.42. The molecule has 1 aromatic carbocycles. The van der Waals surface area contributed by atoms with Gasteiger partial charge in [-0.15, -0.1) is 0 Å². The number of aliphatic hydroxyl groups excluding tert-OH is 1. The Morgan fingerprint density at radius 2 is 1.55 bits per heavy atom. The standard InChI is InChI=1S/C15H24O4S/c1-14(2,3)20(17,18)13-8-6-12(7-9-13)19-15(4,5)10-11-16/h6-9,16H,10-11H2,1-5H3. The van der Waals surface area contributed by atoms with E-state index in [1.54, 1.807) is 45.0 Å². The number of hydrogen-bond donors (Lipinski definition) is 1. The Morgan fingerprint density at radius 1 is 1.05 bits per heavy atom. The van der Waals surface area contributed by atoms with Gasteiger partial charge in [0.1, 0.15) is 11.4 Å². The van der Waals surface area contributed by atoms with E-state index in [-0.39, 0.29) is 11.5 Å². The molecule has 0 aliphatic rings. The average Bonchev–Trinajstić information content (AvgIpc) is 2.27. The third-order valence-electron chi connectivity index (χ3n) is 3.05. The number of sulfone groups is 1. The Labute approximate surface area is 121 Å². The highest BCUT2D eigenvalue weighted by Crippen LogP contribution is 2.27. The minimum Gasteiger partial charge on any atom is -0.488 e. The topological polar surface area (TPSA) is 63.6 Å². The van der Waals surface area contributed by atoms with Gasteiger partial charge in [0.25, 0.3) is 0 Å². The van der Waals surface area contributed by atoms with Crippen molar-refractivity contribution in [1.29, 1.82) is 0 Å². The van der Waals surface area contributed by atoms with E-state index in [9.17, 15) is 8.42 Å². The molecule has 0 spiro atoms. The molecule has 114 valence electrons. The molecule has 0 aliphatic heterocycles. The SMILES string of the molecule is CC(C)(CCO)Oc1ccc(S(=O)(=O)C(C)(C)C)cc1. The molecule has 0 saturated carbocycles. The fraction of sp³-hybridized carbons (Fsp3) is 0.600. The van der Waals surface area contributed by atoms with Crippen molar-refractivity contribution in [2.24, 2.45) is 0 Å². The Hall–Kier alpha value is -1.07. The number of rotatable bonds is 5. The Morgan fingerprint density at radius 3 is 1.95 bits per heavy atom. The first-order valence-corrected chi connectivity index (χ1v) is 8.12. The summed E-state index contributed by atoms with van der Waals surface area (Å²) in [4.78, 5) is 0.289. The van der Waals surface area contributed by atoms with Crippen LogP contribution in [0.2, 0.25) is 0 Å². The van der Waals surface area contributed by atoms with E-state index < -0.39 is 20.2 Å². The maximum Gasteiger partial charge on any atom is 0.183 e. The zero-order valence-corrected chi connectivity index (χ0v) is 13.6. The first-order valence-electron chi connectivity index (χ1n) is 6.64. The molecule has 0 atom stereocenters. The molecule has 20 heavy (non-hydrogen) atoms. The van der Waals surface area contributed by atoms with Crippen LogP contribution < -0.4 is 4.74 Å². The smallest absolute Gasteiger partial charge is 0.183 e. The van der Waals surface area contributed by atoms with Crippen LogP contribution in [0.15, 0.2) is 29.2 Å². The highest BCUT2D eigenvalue weighted by Gasteiger charge is 2.30. The number of hydrogen-bond acceptors (Lipinski definition) is 4. The Kier molecular flexibility index (Phi) is 4.87. The van der Waals surface area contributed by atoms with Gasteiger partial charge in [0.05, 0.1) is 9.64 Å². The Balaban J connectivity index is 2.96. The van der Waals surface area contributed by atoms with Crippen molar-refractivity contribution in [2.45, 2.75) is 56.3 Å². The molecule has 0 radical (unpaired) electrons. The fourth-order valence-electron chi connectivity index (χ4n) is 1.68. The summed E-state index contributed by atoms with van der Waals surface area (Å²) < 4.78 is 29.5. The normalized spacial score (nSPS) is 13.3. The zero-order chi connectivity index (χ0) is 15.6. The summed E-state index contributed by atoms with van der Waals surface area (Å²) in [5, 5.41) is 8.96.